The lowest BCUT2D eigenvalue weighted by molar-refractivity contribution is -0.131. The largest absolute Gasteiger partial charge is 0.497 e. The predicted molar refractivity (Wildman–Crippen MR) is 272 cm³/mol. The molecule has 2 N–H and O–H groups in total. The van der Waals surface area contributed by atoms with Crippen LogP contribution in [0.2, 0.25) is 0 Å². The van der Waals surface area contributed by atoms with Gasteiger partial charge in [-0.15, -0.1) is 0 Å². The highest BCUT2D eigenvalue weighted by Crippen LogP contribution is 2.52. The van der Waals surface area contributed by atoms with Gasteiger partial charge >= 0.3 is 11.9 Å². The highest BCUT2D eigenvalue weighted by molar-refractivity contribution is 5.94. The Morgan fingerprint density at radius 3 is 1.32 bits per heavy atom. The summed E-state index contributed by atoms with van der Waals surface area (Å²) >= 11 is 0. The summed E-state index contributed by atoms with van der Waals surface area (Å²) < 4.78 is 23.3. The van der Waals surface area contributed by atoms with Crippen molar-refractivity contribution in [1.29, 1.82) is 0 Å². The first-order valence-electron chi connectivity index (χ1n) is 24.6. The van der Waals surface area contributed by atoms with Gasteiger partial charge in [-0.05, 0) is 109 Å². The minimum Gasteiger partial charge on any atom is -0.497 e. The molecule has 0 aromatic heterocycles. The second-order valence-electron chi connectivity index (χ2n) is 20.8. The van der Waals surface area contributed by atoms with Crippen molar-refractivity contribution >= 4 is 23.3 Å². The molecule has 2 heterocycles. The first kappa shape index (κ1) is 49.0. The smallest absolute Gasteiger partial charge is 0.336 e. The van der Waals surface area contributed by atoms with Crippen LogP contribution in [0.5, 0.6) is 23.0 Å². The molecule has 0 spiro atoms. The van der Waals surface area contributed by atoms with Crippen LogP contribution in [0.1, 0.15) is 84.3 Å². The van der Waals surface area contributed by atoms with Gasteiger partial charge in [-0.25, -0.2) is 9.59 Å². The molecule has 8 rings (SSSR count). The molecule has 0 radical (unpaired) electrons. The number of nitrogens with zero attached hydrogens (tertiary/aromatic N) is 4. The molecule has 2 unspecified atom stereocenters. The van der Waals surface area contributed by atoms with Gasteiger partial charge in [0.15, 0.2) is 0 Å². The third-order valence-electron chi connectivity index (χ3n) is 15.0. The van der Waals surface area contributed by atoms with Crippen molar-refractivity contribution < 1.29 is 28.5 Å². The molecule has 0 amide bonds. The Bertz CT molecular complexity index is 2330. The van der Waals surface area contributed by atoms with E-state index in [4.69, 9.17) is 18.9 Å². The van der Waals surface area contributed by atoms with E-state index in [9.17, 15) is 9.59 Å². The van der Waals surface area contributed by atoms with Gasteiger partial charge in [-0.2, -0.15) is 0 Å². The monoisotopic (exact) mass is 927 g/mol. The van der Waals surface area contributed by atoms with Crippen LogP contribution in [0, 0.1) is 38.5 Å². The first-order valence-corrected chi connectivity index (χ1v) is 24.6. The van der Waals surface area contributed by atoms with Crippen molar-refractivity contribution in [2.24, 2.45) is 10.8 Å². The number of methoxy groups -OCH3 is 2. The average Bonchev–Trinajstić information content (AvgIpc) is 3.76. The van der Waals surface area contributed by atoms with E-state index in [2.05, 4.69) is 108 Å². The number of nitrogens with one attached hydrogen (secondary N) is 2. The molecule has 0 saturated carbocycles. The highest BCUT2D eigenvalue weighted by Gasteiger charge is 2.44. The summed E-state index contributed by atoms with van der Waals surface area (Å²) in [6.07, 6.45) is 4.15. The van der Waals surface area contributed by atoms with Gasteiger partial charge in [-0.3, -0.25) is 9.80 Å². The van der Waals surface area contributed by atoms with Crippen LogP contribution in [-0.4, -0.2) is 114 Å². The molecule has 4 aliphatic rings. The van der Waals surface area contributed by atoms with Crippen molar-refractivity contribution in [1.82, 2.24) is 20.4 Å². The maximum Gasteiger partial charge on any atom is 0.336 e. The van der Waals surface area contributed by atoms with Crippen LogP contribution in [0.3, 0.4) is 0 Å². The number of piperazine rings is 2. The van der Waals surface area contributed by atoms with Gasteiger partial charge in [0.05, 0.1) is 14.2 Å². The number of ether oxygens (including phenoxy) is 4. The van der Waals surface area contributed by atoms with E-state index < -0.39 is 11.9 Å². The van der Waals surface area contributed by atoms with Crippen LogP contribution in [-0.2, 0) is 22.4 Å². The second kappa shape index (κ2) is 20.7. The van der Waals surface area contributed by atoms with E-state index in [1.807, 2.05) is 38.1 Å². The number of benzene rings is 4. The number of fused-ring (bicyclic) bond motifs is 2. The molecule has 2 fully saturated rings. The van der Waals surface area contributed by atoms with Crippen LogP contribution in [0.4, 0.5) is 11.4 Å². The van der Waals surface area contributed by atoms with Crippen LogP contribution < -0.4 is 39.4 Å². The molecule has 2 atom stereocenters. The zero-order chi connectivity index (χ0) is 48.3. The molecule has 2 saturated heterocycles. The quantitative estimate of drug-likeness (QED) is 0.0645. The third-order valence-corrected chi connectivity index (χ3v) is 15.0. The number of esters is 2. The third kappa shape index (κ3) is 10.7. The lowest BCUT2D eigenvalue weighted by atomic mass is 9.85. The summed E-state index contributed by atoms with van der Waals surface area (Å²) in [5.41, 5.74) is 10.9. The minimum absolute atomic E-state index is 0.0155. The molecule has 12 heteroatoms. The van der Waals surface area contributed by atoms with Gasteiger partial charge in [0.25, 0.3) is 0 Å². The molecule has 2 aliphatic heterocycles. The molecule has 68 heavy (non-hydrogen) atoms. The number of hydrogen-bond acceptors (Lipinski definition) is 12. The first-order chi connectivity index (χ1) is 32.5. The summed E-state index contributed by atoms with van der Waals surface area (Å²) in [7, 11) is 3.42. The van der Waals surface area contributed by atoms with Gasteiger partial charge < -0.3 is 39.4 Å². The lowest BCUT2D eigenvalue weighted by Gasteiger charge is -2.37. The predicted octanol–water partition coefficient (Wildman–Crippen LogP) is 8.08. The Balaban J connectivity index is 0.886. The van der Waals surface area contributed by atoms with E-state index in [0.717, 1.165) is 125 Å². The zero-order valence-corrected chi connectivity index (χ0v) is 42.2. The SMILES string of the molecule is COc1cccc(N2CCN(CCNC3c4c(c(C)cc(C)c4OC(=O)/C=C/C(=O)Oc4c(C)cc(C)c5c4C(NCCN4CCN(c6cccc(OC)c6)CC4)C(C)(C)C5)CC3(C)C)CC2)c1. The summed E-state index contributed by atoms with van der Waals surface area (Å²) in [6.45, 7) is 28.6. The molecular weight excluding hydrogens is 853 g/mol. The topological polar surface area (TPSA) is 108 Å². The summed E-state index contributed by atoms with van der Waals surface area (Å²) in [4.78, 5) is 37.2. The Kier molecular flexibility index (Phi) is 14.9. The van der Waals surface area contributed by atoms with Crippen LogP contribution in [0.15, 0.2) is 72.8 Å². The van der Waals surface area contributed by atoms with Crippen LogP contribution >= 0.6 is 0 Å². The van der Waals surface area contributed by atoms with Gasteiger partial charge in [0, 0.05) is 137 Å². The van der Waals surface area contributed by atoms with Gasteiger partial charge in [0.2, 0.25) is 0 Å². The molecule has 2 aliphatic carbocycles. The number of carbonyl (C=O) groups excluding carboxylic acids is 2. The Labute approximate surface area is 404 Å². The van der Waals surface area contributed by atoms with Crippen molar-refractivity contribution in [3.8, 4) is 23.0 Å². The van der Waals surface area contributed by atoms with E-state index in [1.165, 1.54) is 45.8 Å². The number of anilines is 2. The Morgan fingerprint density at radius 2 is 0.956 bits per heavy atom. The normalized spacial score (nSPS) is 20.1. The molecule has 364 valence electrons. The van der Waals surface area contributed by atoms with Crippen molar-refractivity contribution in [2.45, 2.75) is 80.3 Å². The fraction of sp³-hybridized carbons (Fsp3) is 0.500. The standard InChI is InChI=1S/C56H74N6O6/c1-37-31-39(3)51(49-45(37)35-55(5,6)53(49)57-19-21-59-23-27-61(28-24-59)41-13-11-15-43(33-41)65-9)67-47(63)17-18-48(64)68-52-40(4)32-38(2)46-36-56(7,8)54(50(46)52)58-20-22-60-25-29-62(30-26-60)42-14-12-16-44(34-42)66-10/h11-18,31-34,53-54,57-58H,19-30,35-36H2,1-10H3/b18-17+. The number of aryl methyl sites for hydroxylation is 4. The summed E-state index contributed by atoms with van der Waals surface area (Å²) in [6, 6.07) is 20.8. The molecule has 0 bridgehead atoms. The maximum atomic E-state index is 13.7. The Hall–Kier alpha value is -5.40. The van der Waals surface area contributed by atoms with E-state index >= 15 is 0 Å². The maximum absolute atomic E-state index is 13.7. The number of hydrogen-bond donors (Lipinski definition) is 2. The average molecular weight is 927 g/mol. The van der Waals surface area contributed by atoms with Crippen molar-refractivity contribution in [2.75, 3.05) is 103 Å². The van der Waals surface area contributed by atoms with Crippen molar-refractivity contribution in [3.63, 3.8) is 0 Å². The molecular formula is C56H74N6O6. The van der Waals surface area contributed by atoms with Gasteiger partial charge in [0.1, 0.15) is 23.0 Å². The second-order valence-corrected chi connectivity index (χ2v) is 20.8. The summed E-state index contributed by atoms with van der Waals surface area (Å²) in [5, 5.41) is 7.78. The minimum atomic E-state index is -0.607. The Morgan fingerprint density at radius 1 is 0.574 bits per heavy atom. The number of carbonyl (C=O) groups is 2. The van der Waals surface area contributed by atoms with Crippen LogP contribution in [0.25, 0.3) is 0 Å². The van der Waals surface area contributed by atoms with E-state index in [0.29, 0.717) is 11.5 Å². The van der Waals surface area contributed by atoms with E-state index in [1.54, 1.807) is 14.2 Å². The fourth-order valence-corrected chi connectivity index (χ4v) is 11.3. The molecule has 4 aromatic rings. The highest BCUT2D eigenvalue weighted by atomic mass is 16.5. The number of rotatable bonds is 16. The van der Waals surface area contributed by atoms with Crippen molar-refractivity contribution in [3.05, 3.63) is 117 Å². The van der Waals surface area contributed by atoms with E-state index in [-0.39, 0.29) is 22.9 Å². The van der Waals surface area contributed by atoms with Gasteiger partial charge in [-0.1, -0.05) is 52.0 Å². The molecule has 4 aromatic carbocycles. The zero-order valence-electron chi connectivity index (χ0n) is 42.2. The molecule has 12 nitrogen and oxygen atoms in total. The lowest BCUT2D eigenvalue weighted by Crippen LogP contribution is -2.48. The summed E-state index contributed by atoms with van der Waals surface area (Å²) in [5.74, 6) is 1.69. The fourth-order valence-electron chi connectivity index (χ4n) is 11.3.